The number of hydrogen-bond donors (Lipinski definition) is 0. The van der Waals surface area contributed by atoms with Gasteiger partial charge < -0.3 is 13.9 Å². The van der Waals surface area contributed by atoms with Gasteiger partial charge in [-0.3, -0.25) is 4.57 Å². The van der Waals surface area contributed by atoms with Crippen LogP contribution in [0.3, 0.4) is 0 Å². The number of fused-ring (bicyclic) bond motifs is 4. The van der Waals surface area contributed by atoms with Crippen LogP contribution >= 0.6 is 0 Å². The van der Waals surface area contributed by atoms with E-state index in [9.17, 15) is 0 Å². The average molecular weight is 1000 g/mol. The molecule has 0 aliphatic heterocycles. The van der Waals surface area contributed by atoms with Crippen LogP contribution in [0.15, 0.2) is 200 Å². The first-order valence-corrected chi connectivity index (χ1v) is 21.4. The molecule has 0 unspecified atom stereocenters. The van der Waals surface area contributed by atoms with Gasteiger partial charge in [-0.15, -0.1) is 59.0 Å². The molecule has 4 nitrogen and oxygen atoms in total. The SMILES string of the molecule is CC(C)(C)c1cc(-c2ccccc2)[c-]c(-n2c3[c-]c(Oc4[c-]c(-n5[c-][n+](-c6ccccc6-c6ccccc6)c6ccccc65)ccc4)ccc3c3cc(-c4ccccc4)ccc32)c1.[Pt+4]. The molecule has 308 valence electrons. The number of benzene rings is 9. The van der Waals surface area contributed by atoms with E-state index in [0.717, 1.165) is 77.7 Å². The van der Waals surface area contributed by atoms with E-state index in [4.69, 9.17) is 4.74 Å². The van der Waals surface area contributed by atoms with Crippen LogP contribution in [0.25, 0.3) is 83.3 Å². The third-order valence-electron chi connectivity index (χ3n) is 11.8. The molecule has 9 aromatic carbocycles. The maximum Gasteiger partial charge on any atom is 4.00 e. The molecule has 0 radical (unpaired) electrons. The van der Waals surface area contributed by atoms with Crippen LogP contribution in [-0.2, 0) is 26.5 Å². The molecule has 0 N–H and O–H groups in total. The molecule has 2 heterocycles. The monoisotopic (exact) mass is 1000 g/mol. The normalized spacial score (nSPS) is 11.5. The second kappa shape index (κ2) is 16.8. The Morgan fingerprint density at radius 1 is 0.484 bits per heavy atom. The average Bonchev–Trinajstić information content (AvgIpc) is 3.88. The van der Waals surface area contributed by atoms with Gasteiger partial charge in [-0.25, -0.2) is 0 Å². The van der Waals surface area contributed by atoms with Crippen molar-refractivity contribution in [3.8, 4) is 61.9 Å². The van der Waals surface area contributed by atoms with Gasteiger partial charge in [0.15, 0.2) is 0 Å². The van der Waals surface area contributed by atoms with E-state index >= 15 is 0 Å². The maximum absolute atomic E-state index is 6.71. The minimum absolute atomic E-state index is 0. The zero-order valence-corrected chi connectivity index (χ0v) is 37.9. The summed E-state index contributed by atoms with van der Waals surface area (Å²) in [6, 6.07) is 81.0. The Kier molecular flexibility index (Phi) is 10.7. The predicted octanol–water partition coefficient (Wildman–Crippen LogP) is 14.3. The summed E-state index contributed by atoms with van der Waals surface area (Å²) in [7, 11) is 0. The third-order valence-corrected chi connectivity index (χ3v) is 11.8. The number of hydrogen-bond acceptors (Lipinski definition) is 1. The molecule has 11 rings (SSSR count). The molecule has 0 aliphatic rings. The third kappa shape index (κ3) is 7.55. The van der Waals surface area contributed by atoms with Gasteiger partial charge in [-0.05, 0) is 56.6 Å². The molecule has 0 aliphatic carbocycles. The van der Waals surface area contributed by atoms with E-state index in [1.807, 2.05) is 30.3 Å². The molecule has 11 aromatic rings. The van der Waals surface area contributed by atoms with Gasteiger partial charge in [0.1, 0.15) is 0 Å². The first-order chi connectivity index (χ1) is 30.9. The largest absolute Gasteiger partial charge is 4.00 e. The molecule has 0 saturated carbocycles. The molecule has 0 fully saturated rings. The summed E-state index contributed by atoms with van der Waals surface area (Å²) in [6.45, 7) is 6.79. The van der Waals surface area contributed by atoms with E-state index < -0.39 is 0 Å². The van der Waals surface area contributed by atoms with Gasteiger partial charge in [-0.2, -0.15) is 18.2 Å². The topological polar surface area (TPSA) is 23.0 Å². The van der Waals surface area contributed by atoms with E-state index in [1.54, 1.807) is 0 Å². The smallest absolute Gasteiger partial charge is 0.510 e. The van der Waals surface area contributed by atoms with Crippen LogP contribution in [0, 0.1) is 24.5 Å². The summed E-state index contributed by atoms with van der Waals surface area (Å²) in [4.78, 5) is 0. The fourth-order valence-corrected chi connectivity index (χ4v) is 8.62. The van der Waals surface area contributed by atoms with Gasteiger partial charge in [0.25, 0.3) is 6.33 Å². The fraction of sp³-hybridized carbons (Fsp3) is 0.0678. The van der Waals surface area contributed by atoms with E-state index in [1.165, 1.54) is 11.1 Å². The van der Waals surface area contributed by atoms with Gasteiger partial charge in [0.2, 0.25) is 0 Å². The molecular formula is C59H42N3OPt+. The number of nitrogens with zero attached hydrogens (tertiary/aromatic N) is 3. The van der Waals surface area contributed by atoms with Gasteiger partial charge in [0, 0.05) is 17.0 Å². The Morgan fingerprint density at radius 2 is 1.16 bits per heavy atom. The summed E-state index contributed by atoms with van der Waals surface area (Å²) in [5.41, 5.74) is 14.7. The Labute approximate surface area is 388 Å². The minimum Gasteiger partial charge on any atom is -0.510 e. The second-order valence-corrected chi connectivity index (χ2v) is 16.9. The number of imidazole rings is 1. The zero-order chi connectivity index (χ0) is 42.5. The molecule has 0 spiro atoms. The van der Waals surface area contributed by atoms with Crippen LogP contribution in [0.2, 0.25) is 0 Å². The summed E-state index contributed by atoms with van der Waals surface area (Å²) in [5, 5.41) is 2.22. The summed E-state index contributed by atoms with van der Waals surface area (Å²) >= 11 is 0. The standard InChI is InChI=1S/C59H42N3O.Pt/c1-59(2,3)46-34-45(42-20-9-5-10-21-42)35-48(37-46)62-55-33-30-44(41-18-7-4-8-19-41)36-53(55)52-32-31-50(39-58(52)62)63-49-25-17-24-47(38-49)60-40-61(57-29-16-15-28-56(57)60)54-27-14-13-26-51(54)43-22-11-6-12-23-43;/h4-34,36-37H,1-3H3;/q-3;+4. The van der Waals surface area contributed by atoms with Crippen molar-refractivity contribution in [2.45, 2.75) is 26.2 Å². The van der Waals surface area contributed by atoms with E-state index in [0.29, 0.717) is 11.5 Å². The summed E-state index contributed by atoms with van der Waals surface area (Å²) in [5.74, 6) is 1.17. The van der Waals surface area contributed by atoms with Crippen molar-refractivity contribution < 1.29 is 30.4 Å². The second-order valence-electron chi connectivity index (χ2n) is 16.9. The van der Waals surface area contributed by atoms with Crippen molar-refractivity contribution in [3.05, 3.63) is 230 Å². The molecule has 0 saturated heterocycles. The quantitative estimate of drug-likeness (QED) is 0.110. The zero-order valence-electron chi connectivity index (χ0n) is 35.6. The molecular weight excluding hydrogens is 962 g/mol. The van der Waals surface area contributed by atoms with Crippen LogP contribution in [0.5, 0.6) is 11.5 Å². The summed E-state index contributed by atoms with van der Waals surface area (Å²) in [6.07, 6.45) is 3.67. The number of rotatable bonds is 8. The van der Waals surface area contributed by atoms with Crippen molar-refractivity contribution in [2.24, 2.45) is 0 Å². The van der Waals surface area contributed by atoms with Crippen molar-refractivity contribution in [2.75, 3.05) is 0 Å². The van der Waals surface area contributed by atoms with Crippen molar-refractivity contribution in [1.82, 2.24) is 9.13 Å². The molecule has 5 heteroatoms. The Hall–Kier alpha value is -7.26. The number of ether oxygens (including phenoxy) is 1. The van der Waals surface area contributed by atoms with Crippen LogP contribution < -0.4 is 9.30 Å². The maximum atomic E-state index is 6.71. The van der Waals surface area contributed by atoms with Crippen molar-refractivity contribution in [3.63, 3.8) is 0 Å². The van der Waals surface area contributed by atoms with Gasteiger partial charge in [0.05, 0.1) is 16.7 Å². The molecule has 0 amide bonds. The van der Waals surface area contributed by atoms with Gasteiger partial charge >= 0.3 is 21.1 Å². The Bertz CT molecular complexity index is 3450. The molecule has 2 aromatic heterocycles. The number of aromatic nitrogens is 3. The van der Waals surface area contributed by atoms with Crippen LogP contribution in [0.4, 0.5) is 0 Å². The first kappa shape index (κ1) is 40.8. The molecule has 0 bridgehead atoms. The van der Waals surface area contributed by atoms with Gasteiger partial charge in [-0.1, -0.05) is 177 Å². The van der Waals surface area contributed by atoms with E-state index in [-0.39, 0.29) is 26.5 Å². The molecule has 64 heavy (non-hydrogen) atoms. The Balaban J connectivity index is 0.00000484. The number of para-hydroxylation sites is 3. The molecule has 0 atom stereocenters. The van der Waals surface area contributed by atoms with Crippen LogP contribution in [-0.4, -0.2) is 9.13 Å². The van der Waals surface area contributed by atoms with Crippen LogP contribution in [0.1, 0.15) is 26.3 Å². The van der Waals surface area contributed by atoms with E-state index in [2.05, 4.69) is 229 Å². The van der Waals surface area contributed by atoms with Crippen molar-refractivity contribution in [1.29, 1.82) is 0 Å². The van der Waals surface area contributed by atoms with Crippen molar-refractivity contribution >= 4 is 32.8 Å². The first-order valence-electron chi connectivity index (χ1n) is 21.4. The summed E-state index contributed by atoms with van der Waals surface area (Å²) < 4.78 is 13.2. The minimum atomic E-state index is -0.0987. The predicted molar refractivity (Wildman–Crippen MR) is 256 cm³/mol. The fourth-order valence-electron chi connectivity index (χ4n) is 8.62. The Morgan fingerprint density at radius 3 is 1.92 bits per heavy atom.